The van der Waals surface area contributed by atoms with Crippen LogP contribution in [0.1, 0.15) is 30.9 Å². The van der Waals surface area contributed by atoms with Gasteiger partial charge in [-0.25, -0.2) is 0 Å². The topological polar surface area (TPSA) is 23.6 Å². The Bertz CT molecular complexity index is 853. The molecule has 1 saturated heterocycles. The van der Waals surface area contributed by atoms with Crippen LogP contribution in [0.15, 0.2) is 53.4 Å². The first-order chi connectivity index (χ1) is 12.4. The molecule has 2 aromatic rings. The van der Waals surface area contributed by atoms with Crippen molar-refractivity contribution >= 4 is 51.7 Å². The van der Waals surface area contributed by atoms with E-state index in [1.807, 2.05) is 61.5 Å². The van der Waals surface area contributed by atoms with Gasteiger partial charge in [0, 0.05) is 19.8 Å². The van der Waals surface area contributed by atoms with Crippen LogP contribution in [0, 0.1) is 0 Å². The summed E-state index contributed by atoms with van der Waals surface area (Å²) in [6.45, 7) is 4.34. The molecule has 0 N–H and O–H groups in total. The van der Waals surface area contributed by atoms with Crippen molar-refractivity contribution in [1.29, 1.82) is 0 Å². The van der Waals surface area contributed by atoms with E-state index in [1.165, 1.54) is 17.3 Å². The van der Waals surface area contributed by atoms with Crippen molar-refractivity contribution < 1.29 is 4.79 Å². The van der Waals surface area contributed by atoms with Gasteiger partial charge in [0.2, 0.25) is 0 Å². The van der Waals surface area contributed by atoms with Crippen LogP contribution >= 0.6 is 24.0 Å². The first-order valence-electron chi connectivity index (χ1n) is 8.52. The Kier molecular flexibility index (Phi) is 5.49. The van der Waals surface area contributed by atoms with Gasteiger partial charge in [0.1, 0.15) is 0 Å². The van der Waals surface area contributed by atoms with E-state index < -0.39 is 0 Å². The molecule has 0 aromatic heterocycles. The SMILES string of the molecule is CC(C)c1ccc(/C=C2/SC(=S)N(c3ccc(N(C)C)cc3)C2=O)cc1. The van der Waals surface area contributed by atoms with Crippen LogP contribution in [0.2, 0.25) is 0 Å². The predicted octanol–water partition coefficient (Wildman–Crippen LogP) is 5.28. The van der Waals surface area contributed by atoms with Gasteiger partial charge < -0.3 is 4.90 Å². The minimum atomic E-state index is -0.0643. The summed E-state index contributed by atoms with van der Waals surface area (Å²) in [5.74, 6) is 0.429. The number of nitrogens with zero attached hydrogens (tertiary/aromatic N) is 2. The second-order valence-corrected chi connectivity index (χ2v) is 8.43. The predicted molar refractivity (Wildman–Crippen MR) is 117 cm³/mol. The van der Waals surface area contributed by atoms with E-state index in [1.54, 1.807) is 4.90 Å². The summed E-state index contributed by atoms with van der Waals surface area (Å²) in [5.41, 5.74) is 4.19. The van der Waals surface area contributed by atoms with Crippen molar-refractivity contribution in [3.05, 3.63) is 64.6 Å². The number of carbonyl (C=O) groups excluding carboxylic acids is 1. The average molecular weight is 383 g/mol. The zero-order chi connectivity index (χ0) is 18.8. The molecule has 0 bridgehead atoms. The van der Waals surface area contributed by atoms with Crippen LogP contribution in [0.5, 0.6) is 0 Å². The fourth-order valence-corrected chi connectivity index (χ4v) is 4.02. The van der Waals surface area contributed by atoms with Gasteiger partial charge in [0.15, 0.2) is 4.32 Å². The Balaban J connectivity index is 1.84. The van der Waals surface area contributed by atoms with Crippen LogP contribution in [0.25, 0.3) is 6.08 Å². The molecule has 3 nitrogen and oxygen atoms in total. The molecule has 1 aliphatic rings. The number of hydrogen-bond acceptors (Lipinski definition) is 4. The zero-order valence-corrected chi connectivity index (χ0v) is 17.0. The Labute approximate surface area is 164 Å². The normalized spacial score (nSPS) is 16.0. The molecule has 0 radical (unpaired) electrons. The summed E-state index contributed by atoms with van der Waals surface area (Å²) < 4.78 is 0.567. The maximum Gasteiger partial charge on any atom is 0.270 e. The molecule has 1 heterocycles. The largest absolute Gasteiger partial charge is 0.378 e. The molecule has 0 saturated carbocycles. The Hall–Kier alpha value is -2.11. The highest BCUT2D eigenvalue weighted by Gasteiger charge is 2.33. The smallest absolute Gasteiger partial charge is 0.270 e. The molecular weight excluding hydrogens is 360 g/mol. The van der Waals surface area contributed by atoms with E-state index in [-0.39, 0.29) is 5.91 Å². The summed E-state index contributed by atoms with van der Waals surface area (Å²) in [7, 11) is 3.98. The number of anilines is 2. The number of hydrogen-bond donors (Lipinski definition) is 0. The minimum absolute atomic E-state index is 0.0643. The maximum absolute atomic E-state index is 12.9. The summed E-state index contributed by atoms with van der Waals surface area (Å²) in [4.78, 5) is 17.1. The Morgan fingerprint density at radius 1 is 1.04 bits per heavy atom. The van der Waals surface area contributed by atoms with Gasteiger partial charge in [0.25, 0.3) is 5.91 Å². The van der Waals surface area contributed by atoms with Crippen LogP contribution in [-0.4, -0.2) is 24.3 Å². The van der Waals surface area contributed by atoms with Crippen molar-refractivity contribution in [2.45, 2.75) is 19.8 Å². The van der Waals surface area contributed by atoms with Crippen LogP contribution < -0.4 is 9.80 Å². The molecular formula is C21H22N2OS2. The lowest BCUT2D eigenvalue weighted by molar-refractivity contribution is -0.113. The number of carbonyl (C=O) groups is 1. The van der Waals surface area contributed by atoms with Crippen LogP contribution in [-0.2, 0) is 4.79 Å². The van der Waals surface area contributed by atoms with E-state index in [9.17, 15) is 4.79 Å². The fraction of sp³-hybridized carbons (Fsp3) is 0.238. The molecule has 26 heavy (non-hydrogen) atoms. The number of thioether (sulfide) groups is 1. The molecule has 3 rings (SSSR count). The molecule has 0 atom stereocenters. The highest BCUT2D eigenvalue weighted by Crippen LogP contribution is 2.36. The molecule has 2 aromatic carbocycles. The van der Waals surface area contributed by atoms with Gasteiger partial charge in [-0.1, -0.05) is 62.1 Å². The van der Waals surface area contributed by atoms with E-state index in [4.69, 9.17) is 12.2 Å². The van der Waals surface area contributed by atoms with Gasteiger partial charge in [-0.3, -0.25) is 9.69 Å². The lowest BCUT2D eigenvalue weighted by Gasteiger charge is -2.17. The van der Waals surface area contributed by atoms with E-state index in [0.717, 1.165) is 16.9 Å². The number of rotatable bonds is 4. The zero-order valence-electron chi connectivity index (χ0n) is 15.4. The first-order valence-corrected chi connectivity index (χ1v) is 9.74. The monoisotopic (exact) mass is 382 g/mol. The molecule has 1 fully saturated rings. The second kappa shape index (κ2) is 7.64. The highest BCUT2D eigenvalue weighted by atomic mass is 32.2. The van der Waals surface area contributed by atoms with Gasteiger partial charge in [0.05, 0.1) is 10.6 Å². The molecule has 0 spiro atoms. The third-order valence-corrected chi connectivity index (χ3v) is 5.62. The molecule has 0 unspecified atom stereocenters. The summed E-state index contributed by atoms with van der Waals surface area (Å²) in [6.07, 6.45) is 1.91. The highest BCUT2D eigenvalue weighted by molar-refractivity contribution is 8.27. The van der Waals surface area contributed by atoms with Crippen molar-refractivity contribution in [1.82, 2.24) is 0 Å². The fourth-order valence-electron chi connectivity index (χ4n) is 2.72. The second-order valence-electron chi connectivity index (χ2n) is 6.75. The van der Waals surface area contributed by atoms with Crippen molar-refractivity contribution in [3.63, 3.8) is 0 Å². The molecule has 134 valence electrons. The maximum atomic E-state index is 12.9. The van der Waals surface area contributed by atoms with Crippen LogP contribution in [0.4, 0.5) is 11.4 Å². The lowest BCUT2D eigenvalue weighted by atomic mass is 10.0. The van der Waals surface area contributed by atoms with E-state index in [2.05, 4.69) is 26.0 Å². The molecule has 1 amide bonds. The quantitative estimate of drug-likeness (QED) is 0.530. The molecule has 0 aliphatic carbocycles. The average Bonchev–Trinajstić information content (AvgIpc) is 2.89. The van der Waals surface area contributed by atoms with Crippen LogP contribution in [0.3, 0.4) is 0 Å². The number of thiocarbonyl (C=S) groups is 1. The standard InChI is InChI=1S/C21H22N2OS2/c1-14(2)16-7-5-15(6-8-16)13-19-20(24)23(21(25)26-19)18-11-9-17(10-12-18)22(3)4/h5-14H,1-4H3/b19-13+. The summed E-state index contributed by atoms with van der Waals surface area (Å²) in [5, 5.41) is 0. The molecule has 5 heteroatoms. The van der Waals surface area contributed by atoms with Gasteiger partial charge in [-0.05, 0) is 47.4 Å². The minimum Gasteiger partial charge on any atom is -0.378 e. The molecule has 1 aliphatic heterocycles. The van der Waals surface area contributed by atoms with E-state index in [0.29, 0.717) is 15.1 Å². The number of benzene rings is 2. The third-order valence-electron chi connectivity index (χ3n) is 4.32. The van der Waals surface area contributed by atoms with Gasteiger partial charge in [-0.15, -0.1) is 0 Å². The van der Waals surface area contributed by atoms with Crippen molar-refractivity contribution in [3.8, 4) is 0 Å². The van der Waals surface area contributed by atoms with Crippen molar-refractivity contribution in [2.24, 2.45) is 0 Å². The lowest BCUT2D eigenvalue weighted by Crippen LogP contribution is -2.27. The number of amides is 1. The van der Waals surface area contributed by atoms with E-state index >= 15 is 0 Å². The van der Waals surface area contributed by atoms with Gasteiger partial charge in [-0.2, -0.15) is 0 Å². The van der Waals surface area contributed by atoms with Crippen molar-refractivity contribution in [2.75, 3.05) is 23.9 Å². The summed E-state index contributed by atoms with van der Waals surface area (Å²) in [6, 6.07) is 16.2. The third kappa shape index (κ3) is 3.84. The Morgan fingerprint density at radius 3 is 2.19 bits per heavy atom. The van der Waals surface area contributed by atoms with Gasteiger partial charge >= 0.3 is 0 Å². The first kappa shape index (κ1) is 18.7. The Morgan fingerprint density at radius 2 is 1.65 bits per heavy atom. The summed E-state index contributed by atoms with van der Waals surface area (Å²) >= 11 is 6.80.